The molecule has 1 aromatic heterocycles. The molecular weight excluding hydrogens is 208 g/mol. The Morgan fingerprint density at radius 2 is 2.47 bits per heavy atom. The van der Waals surface area contributed by atoms with Crippen molar-refractivity contribution in [1.82, 2.24) is 10.2 Å². The molecule has 1 aliphatic rings. The second-order valence-corrected chi connectivity index (χ2v) is 5.22. The highest BCUT2D eigenvalue weighted by Crippen LogP contribution is 2.26. The van der Waals surface area contributed by atoms with E-state index in [-0.39, 0.29) is 12.1 Å². The third kappa shape index (κ3) is 2.21. The fourth-order valence-electron chi connectivity index (χ4n) is 1.84. The summed E-state index contributed by atoms with van der Waals surface area (Å²) in [6, 6.07) is 4.10. The molecule has 82 valence electrons. The molecule has 2 rings (SSSR count). The van der Waals surface area contributed by atoms with Gasteiger partial charge in [-0.25, -0.2) is 0 Å². The van der Waals surface area contributed by atoms with Crippen LogP contribution in [0.15, 0.2) is 17.5 Å². The lowest BCUT2D eigenvalue weighted by Gasteiger charge is -2.25. The van der Waals surface area contributed by atoms with Gasteiger partial charge in [0.2, 0.25) is 5.91 Å². The fraction of sp³-hybridized carbons (Fsp3) is 0.545. The van der Waals surface area contributed by atoms with Crippen molar-refractivity contribution >= 4 is 17.2 Å². The topological polar surface area (TPSA) is 32.3 Å². The molecule has 1 unspecified atom stereocenters. The van der Waals surface area contributed by atoms with Crippen molar-refractivity contribution in [3.05, 3.63) is 22.4 Å². The van der Waals surface area contributed by atoms with Crippen molar-refractivity contribution in [2.75, 3.05) is 13.1 Å². The summed E-state index contributed by atoms with van der Waals surface area (Å²) in [6.07, 6.45) is 0.0971. The molecule has 1 N–H and O–H groups in total. The molecule has 0 spiro atoms. The molecule has 0 radical (unpaired) electrons. The lowest BCUT2D eigenvalue weighted by Crippen LogP contribution is -2.32. The monoisotopic (exact) mass is 224 g/mol. The lowest BCUT2D eigenvalue weighted by atomic mass is 10.2. The lowest BCUT2D eigenvalue weighted by molar-refractivity contribution is -0.128. The Bertz CT molecular complexity index is 334. The van der Waals surface area contributed by atoms with Gasteiger partial charge in [0.1, 0.15) is 6.17 Å². The molecule has 4 heteroatoms. The van der Waals surface area contributed by atoms with E-state index >= 15 is 0 Å². The van der Waals surface area contributed by atoms with Crippen molar-refractivity contribution < 1.29 is 4.79 Å². The van der Waals surface area contributed by atoms with Crippen LogP contribution in [0.25, 0.3) is 0 Å². The van der Waals surface area contributed by atoms with Crippen LogP contribution < -0.4 is 5.32 Å². The largest absolute Gasteiger partial charge is 0.321 e. The highest BCUT2D eigenvalue weighted by atomic mass is 32.1. The maximum absolute atomic E-state index is 11.7. The Balaban J connectivity index is 2.14. The SMILES string of the molecule is CC(C)CN1C(=O)CNC1c1cccs1. The molecule has 0 aromatic carbocycles. The summed E-state index contributed by atoms with van der Waals surface area (Å²) < 4.78 is 0. The van der Waals surface area contributed by atoms with Crippen LogP contribution in [0.1, 0.15) is 24.9 Å². The van der Waals surface area contributed by atoms with Gasteiger partial charge in [-0.1, -0.05) is 19.9 Å². The van der Waals surface area contributed by atoms with E-state index in [1.54, 1.807) is 11.3 Å². The number of carbonyl (C=O) groups is 1. The van der Waals surface area contributed by atoms with Crippen LogP contribution in [0.4, 0.5) is 0 Å². The third-order valence-corrected chi connectivity index (χ3v) is 3.38. The molecule has 3 nitrogen and oxygen atoms in total. The number of rotatable bonds is 3. The van der Waals surface area contributed by atoms with Crippen LogP contribution in [0.2, 0.25) is 0 Å². The van der Waals surface area contributed by atoms with Crippen LogP contribution in [0.3, 0.4) is 0 Å². The van der Waals surface area contributed by atoms with Crippen LogP contribution in [0, 0.1) is 5.92 Å². The standard InChI is InChI=1S/C11H16N2OS/c1-8(2)7-13-10(14)6-12-11(13)9-4-3-5-15-9/h3-5,8,11-12H,6-7H2,1-2H3. The smallest absolute Gasteiger partial charge is 0.238 e. The predicted octanol–water partition coefficient (Wildman–Crippen LogP) is 1.83. The molecule has 1 fully saturated rings. The van der Waals surface area contributed by atoms with E-state index in [4.69, 9.17) is 0 Å². The van der Waals surface area contributed by atoms with Crippen molar-refractivity contribution in [3.8, 4) is 0 Å². The molecule has 0 aliphatic carbocycles. The van der Waals surface area contributed by atoms with Gasteiger partial charge in [-0.2, -0.15) is 0 Å². The normalized spacial score (nSPS) is 21.7. The number of nitrogens with one attached hydrogen (secondary N) is 1. The Morgan fingerprint density at radius 3 is 3.07 bits per heavy atom. The third-order valence-electron chi connectivity index (χ3n) is 2.45. The first-order chi connectivity index (χ1) is 7.18. The molecule has 0 bridgehead atoms. The van der Waals surface area contributed by atoms with Gasteiger partial charge in [-0.05, 0) is 17.4 Å². The van der Waals surface area contributed by atoms with E-state index in [0.717, 1.165) is 6.54 Å². The number of nitrogens with zero attached hydrogens (tertiary/aromatic N) is 1. The summed E-state index contributed by atoms with van der Waals surface area (Å²) in [6.45, 7) is 5.57. The quantitative estimate of drug-likeness (QED) is 0.849. The van der Waals surface area contributed by atoms with Crippen LogP contribution >= 0.6 is 11.3 Å². The molecule has 1 atom stereocenters. The minimum absolute atomic E-state index is 0.0971. The molecule has 2 heterocycles. The molecule has 1 amide bonds. The van der Waals surface area contributed by atoms with Crippen LogP contribution in [0.5, 0.6) is 0 Å². The van der Waals surface area contributed by atoms with Crippen molar-refractivity contribution in [2.45, 2.75) is 20.0 Å². The Labute approximate surface area is 94.1 Å². The number of thiophene rings is 1. The van der Waals surface area contributed by atoms with Gasteiger partial charge < -0.3 is 4.90 Å². The number of carbonyl (C=O) groups excluding carboxylic acids is 1. The minimum Gasteiger partial charge on any atom is -0.321 e. The highest BCUT2D eigenvalue weighted by Gasteiger charge is 2.32. The Kier molecular flexibility index (Phi) is 3.07. The fourth-order valence-corrected chi connectivity index (χ4v) is 2.65. The van der Waals surface area contributed by atoms with E-state index in [1.165, 1.54) is 4.88 Å². The minimum atomic E-state index is 0.0971. The summed E-state index contributed by atoms with van der Waals surface area (Å²) in [5.41, 5.74) is 0. The number of amides is 1. The molecule has 1 aromatic rings. The maximum atomic E-state index is 11.7. The highest BCUT2D eigenvalue weighted by molar-refractivity contribution is 7.10. The molecule has 1 saturated heterocycles. The van der Waals surface area contributed by atoms with Gasteiger partial charge in [0.25, 0.3) is 0 Å². The average Bonchev–Trinajstić information content (AvgIpc) is 2.76. The zero-order valence-corrected chi connectivity index (χ0v) is 9.88. The van der Waals surface area contributed by atoms with E-state index in [9.17, 15) is 4.79 Å². The van der Waals surface area contributed by atoms with Gasteiger partial charge in [0, 0.05) is 11.4 Å². The molecule has 15 heavy (non-hydrogen) atoms. The first-order valence-corrected chi connectivity index (χ1v) is 6.12. The second kappa shape index (κ2) is 4.33. The first-order valence-electron chi connectivity index (χ1n) is 5.24. The molecular formula is C11H16N2OS. The van der Waals surface area contributed by atoms with Crippen molar-refractivity contribution in [3.63, 3.8) is 0 Å². The van der Waals surface area contributed by atoms with E-state index < -0.39 is 0 Å². The zero-order chi connectivity index (χ0) is 10.8. The Hall–Kier alpha value is -0.870. The Morgan fingerprint density at radius 1 is 1.67 bits per heavy atom. The average molecular weight is 224 g/mol. The predicted molar refractivity (Wildman–Crippen MR) is 61.6 cm³/mol. The van der Waals surface area contributed by atoms with Crippen molar-refractivity contribution in [2.24, 2.45) is 5.92 Å². The van der Waals surface area contributed by atoms with Gasteiger partial charge >= 0.3 is 0 Å². The summed E-state index contributed by atoms with van der Waals surface area (Å²) in [5.74, 6) is 0.721. The van der Waals surface area contributed by atoms with Crippen LogP contribution in [-0.4, -0.2) is 23.9 Å². The van der Waals surface area contributed by atoms with Gasteiger partial charge in [-0.15, -0.1) is 11.3 Å². The zero-order valence-electron chi connectivity index (χ0n) is 9.06. The molecule has 0 saturated carbocycles. The summed E-state index contributed by atoms with van der Waals surface area (Å²) in [7, 11) is 0. The number of hydrogen-bond donors (Lipinski definition) is 1. The van der Waals surface area contributed by atoms with Crippen LogP contribution in [-0.2, 0) is 4.79 Å². The maximum Gasteiger partial charge on any atom is 0.238 e. The van der Waals surface area contributed by atoms with Gasteiger partial charge in [-0.3, -0.25) is 10.1 Å². The second-order valence-electron chi connectivity index (χ2n) is 4.24. The first kappa shape index (κ1) is 10.6. The van der Waals surface area contributed by atoms with Gasteiger partial charge in [0.05, 0.1) is 6.54 Å². The summed E-state index contributed by atoms with van der Waals surface area (Å²) >= 11 is 1.70. The van der Waals surface area contributed by atoms with Gasteiger partial charge in [0.15, 0.2) is 0 Å². The van der Waals surface area contributed by atoms with E-state index in [1.807, 2.05) is 16.3 Å². The van der Waals surface area contributed by atoms with E-state index in [0.29, 0.717) is 12.5 Å². The summed E-state index contributed by atoms with van der Waals surface area (Å²) in [5, 5.41) is 5.30. The summed E-state index contributed by atoms with van der Waals surface area (Å²) in [4.78, 5) is 14.8. The molecule has 1 aliphatic heterocycles. The van der Waals surface area contributed by atoms with E-state index in [2.05, 4.69) is 25.2 Å². The number of hydrogen-bond acceptors (Lipinski definition) is 3. The van der Waals surface area contributed by atoms with Crippen molar-refractivity contribution in [1.29, 1.82) is 0 Å².